The molecule has 1 aliphatic rings. The predicted molar refractivity (Wildman–Crippen MR) is 56.3 cm³/mol. The van der Waals surface area contributed by atoms with Crippen LogP contribution in [0.2, 0.25) is 0 Å². The summed E-state index contributed by atoms with van der Waals surface area (Å²) < 4.78 is 5.29. The molecule has 5 heteroatoms. The van der Waals surface area contributed by atoms with Crippen LogP contribution in [0.3, 0.4) is 0 Å². The Hall–Kier alpha value is -1.88. The standard InChI is InChI=1S/C11H12N2O3/c14-10-6-12-11(15)13(10)8-16-7-9-4-2-1-3-5-9/h1-5H,6-8H2,(H,12,15). The number of ether oxygens (including phenoxy) is 1. The zero-order valence-electron chi connectivity index (χ0n) is 8.68. The Labute approximate surface area is 93.0 Å². The largest absolute Gasteiger partial charge is 0.356 e. The third-order valence-corrected chi connectivity index (χ3v) is 2.27. The van der Waals surface area contributed by atoms with Crippen LogP contribution in [0, 0.1) is 0 Å². The molecule has 5 nitrogen and oxygen atoms in total. The maximum Gasteiger partial charge on any atom is 0.326 e. The first-order valence-electron chi connectivity index (χ1n) is 4.97. The second kappa shape index (κ2) is 4.76. The van der Waals surface area contributed by atoms with Gasteiger partial charge in [0, 0.05) is 0 Å². The van der Waals surface area contributed by atoms with Crippen molar-refractivity contribution in [1.82, 2.24) is 10.2 Å². The van der Waals surface area contributed by atoms with Gasteiger partial charge in [0.2, 0.25) is 0 Å². The van der Waals surface area contributed by atoms with Gasteiger partial charge >= 0.3 is 6.03 Å². The fourth-order valence-corrected chi connectivity index (χ4v) is 1.41. The van der Waals surface area contributed by atoms with Crippen LogP contribution in [-0.2, 0) is 16.1 Å². The van der Waals surface area contributed by atoms with Gasteiger partial charge in [-0.25, -0.2) is 9.69 Å². The molecule has 1 aromatic rings. The van der Waals surface area contributed by atoms with Gasteiger partial charge in [0.1, 0.15) is 6.73 Å². The summed E-state index contributed by atoms with van der Waals surface area (Å²) in [5.74, 6) is -0.252. The molecule has 0 unspecified atom stereocenters. The van der Waals surface area contributed by atoms with Crippen molar-refractivity contribution in [3.8, 4) is 0 Å². The van der Waals surface area contributed by atoms with Crippen LogP contribution in [0.4, 0.5) is 4.79 Å². The van der Waals surface area contributed by atoms with Gasteiger partial charge in [-0.1, -0.05) is 30.3 Å². The van der Waals surface area contributed by atoms with Crippen LogP contribution in [0.1, 0.15) is 5.56 Å². The molecule has 0 saturated carbocycles. The molecule has 0 aliphatic carbocycles. The average molecular weight is 220 g/mol. The zero-order valence-corrected chi connectivity index (χ0v) is 8.68. The summed E-state index contributed by atoms with van der Waals surface area (Å²) in [6.45, 7) is 0.449. The van der Waals surface area contributed by atoms with Crippen molar-refractivity contribution in [2.24, 2.45) is 0 Å². The lowest BCUT2D eigenvalue weighted by Crippen LogP contribution is -2.33. The molecule has 1 fully saturated rings. The second-order valence-electron chi connectivity index (χ2n) is 3.44. The molecule has 0 radical (unpaired) electrons. The minimum absolute atomic E-state index is 0.000436. The summed E-state index contributed by atoms with van der Waals surface area (Å²) in [7, 11) is 0. The Morgan fingerprint density at radius 3 is 2.62 bits per heavy atom. The van der Waals surface area contributed by atoms with Crippen molar-refractivity contribution >= 4 is 11.9 Å². The molecule has 1 aliphatic heterocycles. The van der Waals surface area contributed by atoms with Crippen LogP contribution >= 0.6 is 0 Å². The lowest BCUT2D eigenvalue weighted by molar-refractivity contribution is -0.129. The third-order valence-electron chi connectivity index (χ3n) is 2.27. The highest BCUT2D eigenvalue weighted by Crippen LogP contribution is 2.03. The average Bonchev–Trinajstić information content (AvgIpc) is 2.62. The number of benzene rings is 1. The Bertz CT molecular complexity index is 375. The lowest BCUT2D eigenvalue weighted by Gasteiger charge is -2.12. The van der Waals surface area contributed by atoms with E-state index < -0.39 is 6.03 Å². The fourth-order valence-electron chi connectivity index (χ4n) is 1.41. The maximum atomic E-state index is 11.2. The fraction of sp³-hybridized carbons (Fsp3) is 0.273. The normalized spacial score (nSPS) is 15.4. The number of rotatable bonds is 4. The summed E-state index contributed by atoms with van der Waals surface area (Å²) >= 11 is 0. The van der Waals surface area contributed by atoms with Crippen LogP contribution < -0.4 is 5.32 Å². The van der Waals surface area contributed by atoms with Crippen molar-refractivity contribution in [2.45, 2.75) is 6.61 Å². The van der Waals surface area contributed by atoms with Crippen LogP contribution in [-0.4, -0.2) is 30.1 Å². The summed E-state index contributed by atoms with van der Waals surface area (Å²) in [5, 5.41) is 2.43. The molecule has 84 valence electrons. The van der Waals surface area contributed by atoms with E-state index in [0.29, 0.717) is 6.61 Å². The first-order valence-corrected chi connectivity index (χ1v) is 4.97. The Balaban J connectivity index is 1.80. The monoisotopic (exact) mass is 220 g/mol. The Morgan fingerprint density at radius 1 is 1.25 bits per heavy atom. The number of nitrogens with zero attached hydrogens (tertiary/aromatic N) is 1. The van der Waals surface area contributed by atoms with Gasteiger partial charge in [0.15, 0.2) is 0 Å². The third kappa shape index (κ3) is 2.38. The van der Waals surface area contributed by atoms with E-state index in [0.717, 1.165) is 10.5 Å². The van der Waals surface area contributed by atoms with E-state index in [-0.39, 0.29) is 19.2 Å². The van der Waals surface area contributed by atoms with Crippen molar-refractivity contribution in [1.29, 1.82) is 0 Å². The minimum Gasteiger partial charge on any atom is -0.356 e. The van der Waals surface area contributed by atoms with Gasteiger partial charge in [-0.15, -0.1) is 0 Å². The van der Waals surface area contributed by atoms with Gasteiger partial charge in [0.05, 0.1) is 13.2 Å². The second-order valence-corrected chi connectivity index (χ2v) is 3.44. The highest BCUT2D eigenvalue weighted by atomic mass is 16.5. The van der Waals surface area contributed by atoms with Gasteiger partial charge in [-0.05, 0) is 5.56 Å². The summed E-state index contributed by atoms with van der Waals surface area (Å²) in [6.07, 6.45) is 0. The van der Waals surface area contributed by atoms with E-state index in [9.17, 15) is 9.59 Å². The number of carbonyl (C=O) groups is 2. The molecule has 0 bridgehead atoms. The van der Waals surface area contributed by atoms with E-state index in [2.05, 4.69) is 5.32 Å². The number of amides is 3. The van der Waals surface area contributed by atoms with E-state index in [4.69, 9.17) is 4.74 Å². The number of carbonyl (C=O) groups excluding carboxylic acids is 2. The van der Waals surface area contributed by atoms with Crippen molar-refractivity contribution in [2.75, 3.05) is 13.3 Å². The highest BCUT2D eigenvalue weighted by molar-refractivity contribution is 6.01. The summed E-state index contributed by atoms with van der Waals surface area (Å²) in [5.41, 5.74) is 1.01. The van der Waals surface area contributed by atoms with E-state index >= 15 is 0 Å². The first kappa shape index (κ1) is 10.6. The molecule has 3 amide bonds. The molecule has 0 aromatic heterocycles. The van der Waals surface area contributed by atoms with E-state index in [1.165, 1.54) is 0 Å². The molecule has 1 heterocycles. The lowest BCUT2D eigenvalue weighted by atomic mass is 10.2. The van der Waals surface area contributed by atoms with Crippen molar-refractivity contribution < 1.29 is 14.3 Å². The van der Waals surface area contributed by atoms with Crippen LogP contribution in [0.5, 0.6) is 0 Å². The number of urea groups is 1. The molecular weight excluding hydrogens is 208 g/mol. The first-order chi connectivity index (χ1) is 7.77. The number of hydrogen-bond donors (Lipinski definition) is 1. The molecule has 1 saturated heterocycles. The number of nitrogens with one attached hydrogen (secondary N) is 1. The van der Waals surface area contributed by atoms with Gasteiger partial charge in [0.25, 0.3) is 5.91 Å². The molecule has 1 aromatic carbocycles. The predicted octanol–water partition coefficient (Wildman–Crippen LogP) is 0.712. The Kier molecular flexibility index (Phi) is 3.16. The van der Waals surface area contributed by atoms with Crippen LogP contribution in [0.25, 0.3) is 0 Å². The Morgan fingerprint density at radius 2 is 2.00 bits per heavy atom. The van der Waals surface area contributed by atoms with E-state index in [1.807, 2.05) is 30.3 Å². The molecule has 2 rings (SSSR count). The molecule has 1 N–H and O–H groups in total. The minimum atomic E-state index is -0.391. The molecule has 16 heavy (non-hydrogen) atoms. The molecule has 0 spiro atoms. The SMILES string of the molecule is O=C1CNC(=O)N1COCc1ccccc1. The maximum absolute atomic E-state index is 11.2. The smallest absolute Gasteiger partial charge is 0.326 e. The number of imide groups is 1. The topological polar surface area (TPSA) is 58.6 Å². The summed E-state index contributed by atoms with van der Waals surface area (Å²) in [4.78, 5) is 23.4. The molecule has 0 atom stereocenters. The number of hydrogen-bond acceptors (Lipinski definition) is 3. The zero-order chi connectivity index (χ0) is 11.4. The van der Waals surface area contributed by atoms with Gasteiger partial charge in [-0.3, -0.25) is 4.79 Å². The van der Waals surface area contributed by atoms with E-state index in [1.54, 1.807) is 0 Å². The highest BCUT2D eigenvalue weighted by Gasteiger charge is 2.28. The van der Waals surface area contributed by atoms with Gasteiger partial charge in [-0.2, -0.15) is 0 Å². The van der Waals surface area contributed by atoms with Crippen molar-refractivity contribution in [3.05, 3.63) is 35.9 Å². The van der Waals surface area contributed by atoms with Crippen LogP contribution in [0.15, 0.2) is 30.3 Å². The molecular formula is C11H12N2O3. The van der Waals surface area contributed by atoms with Crippen molar-refractivity contribution in [3.63, 3.8) is 0 Å². The van der Waals surface area contributed by atoms with Gasteiger partial charge < -0.3 is 10.1 Å². The quantitative estimate of drug-likeness (QED) is 0.760. The summed E-state index contributed by atoms with van der Waals surface area (Å²) in [6, 6.07) is 9.19.